The molecule has 7 heteroatoms. The number of carbonyl (C=O) groups excluding carboxylic acids is 1. The Bertz CT molecular complexity index is 940. The second kappa shape index (κ2) is 10.8. The molecule has 0 saturated carbocycles. The van der Waals surface area contributed by atoms with Crippen LogP contribution in [0.2, 0.25) is 0 Å². The third kappa shape index (κ3) is 5.64. The Morgan fingerprint density at radius 2 is 1.77 bits per heavy atom. The van der Waals surface area contributed by atoms with Gasteiger partial charge in [-0.25, -0.2) is 0 Å². The van der Waals surface area contributed by atoms with Gasteiger partial charge in [0.05, 0.1) is 25.2 Å². The highest BCUT2D eigenvalue weighted by molar-refractivity contribution is 8.26. The number of thiocarbonyl (C=S) groups is 1. The standard InChI is InChI=1S/C23H23NO4S2/c1-3-13-24-22(25)21(30-23(24)29)16-17-9-11-18(12-10-17)27-14-6-15-28-20-8-5-4-7-19(20)26-2/h3-5,7-12,16H,1,6,13-15H2,2H3/b21-16+. The summed E-state index contributed by atoms with van der Waals surface area (Å²) in [4.78, 5) is 14.5. The molecule has 156 valence electrons. The van der Waals surface area contributed by atoms with Crippen molar-refractivity contribution in [1.29, 1.82) is 0 Å². The van der Waals surface area contributed by atoms with Crippen molar-refractivity contribution in [2.45, 2.75) is 6.42 Å². The van der Waals surface area contributed by atoms with Crippen LogP contribution in [0, 0.1) is 0 Å². The molecule has 0 aromatic heterocycles. The highest BCUT2D eigenvalue weighted by atomic mass is 32.2. The van der Waals surface area contributed by atoms with E-state index in [1.165, 1.54) is 11.8 Å². The fourth-order valence-electron chi connectivity index (χ4n) is 2.77. The smallest absolute Gasteiger partial charge is 0.266 e. The highest BCUT2D eigenvalue weighted by Crippen LogP contribution is 2.32. The second-order valence-electron chi connectivity index (χ2n) is 6.35. The van der Waals surface area contributed by atoms with Crippen LogP contribution >= 0.6 is 24.0 Å². The monoisotopic (exact) mass is 441 g/mol. The average Bonchev–Trinajstić information content (AvgIpc) is 3.02. The molecule has 0 N–H and O–H groups in total. The molecular weight excluding hydrogens is 418 g/mol. The van der Waals surface area contributed by atoms with Gasteiger partial charge in [0, 0.05) is 13.0 Å². The summed E-state index contributed by atoms with van der Waals surface area (Å²) < 4.78 is 17.3. The zero-order valence-corrected chi connectivity index (χ0v) is 18.3. The van der Waals surface area contributed by atoms with E-state index in [4.69, 9.17) is 26.4 Å². The lowest BCUT2D eigenvalue weighted by Crippen LogP contribution is -2.27. The van der Waals surface area contributed by atoms with Crippen molar-refractivity contribution in [2.75, 3.05) is 26.9 Å². The first-order valence-electron chi connectivity index (χ1n) is 9.47. The minimum Gasteiger partial charge on any atom is -0.493 e. The fourth-order valence-corrected chi connectivity index (χ4v) is 4.04. The van der Waals surface area contributed by atoms with Crippen molar-refractivity contribution in [3.63, 3.8) is 0 Å². The maximum absolute atomic E-state index is 12.4. The molecule has 5 nitrogen and oxygen atoms in total. The molecule has 1 saturated heterocycles. The minimum atomic E-state index is -0.0831. The Morgan fingerprint density at radius 3 is 2.47 bits per heavy atom. The zero-order valence-electron chi connectivity index (χ0n) is 16.7. The number of nitrogens with zero attached hydrogens (tertiary/aromatic N) is 1. The molecule has 3 rings (SSSR count). The molecule has 1 fully saturated rings. The molecule has 0 bridgehead atoms. The molecule has 2 aromatic rings. The molecule has 0 spiro atoms. The third-order valence-electron chi connectivity index (χ3n) is 4.25. The quantitative estimate of drug-likeness (QED) is 0.226. The molecular formula is C23H23NO4S2. The first-order valence-corrected chi connectivity index (χ1v) is 10.7. The van der Waals surface area contributed by atoms with Crippen LogP contribution in [0.25, 0.3) is 6.08 Å². The molecule has 1 heterocycles. The Kier molecular flexibility index (Phi) is 7.93. The van der Waals surface area contributed by atoms with E-state index in [0.29, 0.717) is 29.0 Å². The molecule has 0 radical (unpaired) electrons. The van der Waals surface area contributed by atoms with Gasteiger partial charge in [0.1, 0.15) is 10.1 Å². The average molecular weight is 442 g/mol. The van der Waals surface area contributed by atoms with Gasteiger partial charge < -0.3 is 14.2 Å². The number of ether oxygens (including phenoxy) is 3. The van der Waals surface area contributed by atoms with Crippen LogP contribution in [0.1, 0.15) is 12.0 Å². The highest BCUT2D eigenvalue weighted by Gasteiger charge is 2.30. The number of rotatable bonds is 10. The minimum absolute atomic E-state index is 0.0831. The number of benzene rings is 2. The number of hydrogen-bond donors (Lipinski definition) is 0. The molecule has 2 aromatic carbocycles. The number of amides is 1. The van der Waals surface area contributed by atoms with Crippen molar-refractivity contribution in [3.05, 3.63) is 71.7 Å². The van der Waals surface area contributed by atoms with Crippen LogP contribution in [0.15, 0.2) is 66.1 Å². The van der Waals surface area contributed by atoms with E-state index < -0.39 is 0 Å². The summed E-state index contributed by atoms with van der Waals surface area (Å²) in [6, 6.07) is 15.2. The van der Waals surface area contributed by atoms with Crippen molar-refractivity contribution < 1.29 is 19.0 Å². The first-order chi connectivity index (χ1) is 14.6. The van der Waals surface area contributed by atoms with Crippen LogP contribution in [-0.2, 0) is 4.79 Å². The number of methoxy groups -OCH3 is 1. The van der Waals surface area contributed by atoms with E-state index in [1.807, 2.05) is 54.6 Å². The van der Waals surface area contributed by atoms with Crippen molar-refractivity contribution >= 4 is 40.3 Å². The van der Waals surface area contributed by atoms with Crippen LogP contribution in [0.4, 0.5) is 0 Å². The van der Waals surface area contributed by atoms with Gasteiger partial charge >= 0.3 is 0 Å². The number of carbonyl (C=O) groups is 1. The SMILES string of the molecule is C=CCN1C(=O)/C(=C\c2ccc(OCCCOc3ccccc3OC)cc2)SC1=S. The number of para-hydroxylation sites is 2. The molecule has 0 unspecified atom stereocenters. The maximum atomic E-state index is 12.4. The molecule has 30 heavy (non-hydrogen) atoms. The van der Waals surface area contributed by atoms with Gasteiger partial charge in [0.25, 0.3) is 5.91 Å². The van der Waals surface area contributed by atoms with E-state index in [9.17, 15) is 4.79 Å². The van der Waals surface area contributed by atoms with E-state index in [0.717, 1.165) is 29.2 Å². The predicted octanol–water partition coefficient (Wildman–Crippen LogP) is 4.93. The third-order valence-corrected chi connectivity index (χ3v) is 5.62. The van der Waals surface area contributed by atoms with E-state index in [-0.39, 0.29) is 5.91 Å². The lowest BCUT2D eigenvalue weighted by molar-refractivity contribution is -0.121. The van der Waals surface area contributed by atoms with Crippen LogP contribution in [0.3, 0.4) is 0 Å². The Morgan fingerprint density at radius 1 is 1.07 bits per heavy atom. The zero-order chi connectivity index (χ0) is 21.3. The predicted molar refractivity (Wildman–Crippen MR) is 125 cm³/mol. The molecule has 1 aliphatic heterocycles. The van der Waals surface area contributed by atoms with E-state index in [2.05, 4.69) is 6.58 Å². The first kappa shape index (κ1) is 21.9. The maximum Gasteiger partial charge on any atom is 0.266 e. The molecule has 1 amide bonds. The van der Waals surface area contributed by atoms with Crippen molar-refractivity contribution in [3.8, 4) is 17.2 Å². The Labute approximate surface area is 186 Å². The summed E-state index contributed by atoms with van der Waals surface area (Å²) in [6.07, 6.45) is 4.25. The topological polar surface area (TPSA) is 48.0 Å². The number of thioether (sulfide) groups is 1. The summed E-state index contributed by atoms with van der Waals surface area (Å²) in [5.41, 5.74) is 0.918. The largest absolute Gasteiger partial charge is 0.493 e. The molecule has 0 aliphatic carbocycles. The normalized spacial score (nSPS) is 14.8. The van der Waals surface area contributed by atoms with E-state index in [1.54, 1.807) is 18.1 Å². The summed E-state index contributed by atoms with van der Waals surface area (Å²) in [6.45, 7) is 5.16. The fraction of sp³-hybridized carbons (Fsp3) is 0.217. The molecule has 0 atom stereocenters. The van der Waals surface area contributed by atoms with Gasteiger partial charge in [-0.2, -0.15) is 0 Å². The van der Waals surface area contributed by atoms with Gasteiger partial charge in [-0.05, 0) is 35.9 Å². The van der Waals surface area contributed by atoms with Crippen molar-refractivity contribution in [2.24, 2.45) is 0 Å². The van der Waals surface area contributed by atoms with Gasteiger partial charge in [0.2, 0.25) is 0 Å². The lowest BCUT2D eigenvalue weighted by atomic mass is 10.2. The van der Waals surface area contributed by atoms with E-state index >= 15 is 0 Å². The van der Waals surface area contributed by atoms with Gasteiger partial charge in [-0.1, -0.05) is 54.3 Å². The summed E-state index contributed by atoms with van der Waals surface area (Å²) >= 11 is 6.56. The van der Waals surface area contributed by atoms with Crippen LogP contribution in [0.5, 0.6) is 17.2 Å². The van der Waals surface area contributed by atoms with Gasteiger partial charge in [-0.15, -0.1) is 6.58 Å². The van der Waals surface area contributed by atoms with Crippen LogP contribution < -0.4 is 14.2 Å². The summed E-state index contributed by atoms with van der Waals surface area (Å²) in [7, 11) is 1.62. The van der Waals surface area contributed by atoms with Crippen LogP contribution in [-0.4, -0.2) is 42.0 Å². The Balaban J connectivity index is 1.46. The number of hydrogen-bond acceptors (Lipinski definition) is 6. The Hall–Kier alpha value is -2.77. The second-order valence-corrected chi connectivity index (χ2v) is 8.03. The lowest BCUT2D eigenvalue weighted by Gasteiger charge is -2.11. The summed E-state index contributed by atoms with van der Waals surface area (Å²) in [5, 5.41) is 0. The van der Waals surface area contributed by atoms with Gasteiger partial charge in [0.15, 0.2) is 11.5 Å². The summed E-state index contributed by atoms with van der Waals surface area (Å²) in [5.74, 6) is 2.13. The van der Waals surface area contributed by atoms with Crippen molar-refractivity contribution in [1.82, 2.24) is 4.90 Å². The molecule has 1 aliphatic rings. The van der Waals surface area contributed by atoms with Gasteiger partial charge in [-0.3, -0.25) is 9.69 Å².